The number of benzene rings is 1. The summed E-state index contributed by atoms with van der Waals surface area (Å²) in [6.07, 6.45) is -4.36. The Balaban J connectivity index is 3.43. The van der Waals surface area contributed by atoms with Gasteiger partial charge in [0.15, 0.2) is 0 Å². The van der Waals surface area contributed by atoms with Crippen LogP contribution in [0.4, 0.5) is 17.6 Å². The highest BCUT2D eigenvalue weighted by Gasteiger charge is 2.31. The van der Waals surface area contributed by atoms with E-state index in [2.05, 4.69) is 0 Å². The molecule has 0 heterocycles. The van der Waals surface area contributed by atoms with Crippen LogP contribution in [-0.4, -0.2) is 0 Å². The summed E-state index contributed by atoms with van der Waals surface area (Å²) < 4.78 is 50.9. The Hall–Kier alpha value is -2.03. The Morgan fingerprint density at radius 1 is 1.39 bits per heavy atom. The predicted octanol–water partition coefficient (Wildman–Crippen LogP) is 3.45. The fourth-order valence-electron chi connectivity index (χ4n) is 1.40. The van der Waals surface area contributed by atoms with E-state index in [1.807, 2.05) is 0 Å². The summed E-state index contributed by atoms with van der Waals surface area (Å²) in [5.41, 5.74) is 3.91. The van der Waals surface area contributed by atoms with Crippen LogP contribution in [0.2, 0.25) is 0 Å². The van der Waals surface area contributed by atoms with Gasteiger partial charge in [-0.15, -0.1) is 0 Å². The molecule has 0 radical (unpaired) electrons. The predicted molar refractivity (Wildman–Crippen MR) is 58.4 cm³/mol. The lowest BCUT2D eigenvalue weighted by Gasteiger charge is -2.11. The summed E-state index contributed by atoms with van der Waals surface area (Å²) >= 11 is 0. The van der Waals surface area contributed by atoms with Crippen LogP contribution in [0.1, 0.15) is 24.5 Å². The summed E-state index contributed by atoms with van der Waals surface area (Å²) in [5, 5.41) is 8.75. The van der Waals surface area contributed by atoms with Crippen molar-refractivity contribution in [1.29, 1.82) is 5.26 Å². The summed E-state index contributed by atoms with van der Waals surface area (Å²) in [6.45, 7) is 1.61. The SMILES string of the molecule is CC/C(C#N)=C(/N)c1cc(C(F)(F)F)ccc1F. The number of nitrogens with zero attached hydrogens (tertiary/aromatic N) is 1. The number of nitriles is 1. The summed E-state index contributed by atoms with van der Waals surface area (Å²) in [7, 11) is 0. The number of alkyl halides is 3. The first kappa shape index (κ1) is 14.0. The highest BCUT2D eigenvalue weighted by molar-refractivity contribution is 5.70. The molecule has 0 aliphatic rings. The molecule has 2 nitrogen and oxygen atoms in total. The smallest absolute Gasteiger partial charge is 0.397 e. The molecular formula is C12H10F4N2. The van der Waals surface area contributed by atoms with Gasteiger partial charge in [-0.05, 0) is 24.6 Å². The van der Waals surface area contributed by atoms with Gasteiger partial charge in [-0.25, -0.2) is 4.39 Å². The molecule has 0 aromatic heterocycles. The van der Waals surface area contributed by atoms with E-state index in [-0.39, 0.29) is 17.7 Å². The molecule has 0 amide bonds. The molecule has 0 aliphatic carbocycles. The zero-order valence-corrected chi connectivity index (χ0v) is 9.48. The molecule has 1 rings (SSSR count). The second-order valence-electron chi connectivity index (χ2n) is 3.55. The number of allylic oxidation sites excluding steroid dienone is 1. The van der Waals surface area contributed by atoms with Gasteiger partial charge in [0.1, 0.15) is 5.82 Å². The number of rotatable bonds is 2. The van der Waals surface area contributed by atoms with E-state index < -0.39 is 23.1 Å². The third-order valence-corrected chi connectivity index (χ3v) is 2.40. The monoisotopic (exact) mass is 258 g/mol. The third-order valence-electron chi connectivity index (χ3n) is 2.40. The molecule has 1 aromatic carbocycles. The molecule has 0 saturated carbocycles. The van der Waals surface area contributed by atoms with Crippen molar-refractivity contribution >= 4 is 5.70 Å². The van der Waals surface area contributed by atoms with Gasteiger partial charge in [0.25, 0.3) is 0 Å². The minimum atomic E-state index is -4.58. The molecule has 0 aliphatic heterocycles. The Morgan fingerprint density at radius 2 is 2.00 bits per heavy atom. The van der Waals surface area contributed by atoms with E-state index in [0.717, 1.165) is 0 Å². The van der Waals surface area contributed by atoms with Crippen LogP contribution in [-0.2, 0) is 6.18 Å². The molecule has 18 heavy (non-hydrogen) atoms. The average molecular weight is 258 g/mol. The van der Waals surface area contributed by atoms with Gasteiger partial charge in [-0.3, -0.25) is 0 Å². The van der Waals surface area contributed by atoms with E-state index in [4.69, 9.17) is 11.0 Å². The van der Waals surface area contributed by atoms with Gasteiger partial charge in [-0.1, -0.05) is 6.92 Å². The fraction of sp³-hybridized carbons (Fsp3) is 0.250. The van der Waals surface area contributed by atoms with Crippen LogP contribution < -0.4 is 5.73 Å². The first-order chi connectivity index (χ1) is 8.31. The van der Waals surface area contributed by atoms with Crippen LogP contribution >= 0.6 is 0 Å². The quantitative estimate of drug-likeness (QED) is 0.652. The normalized spacial score (nSPS) is 12.9. The molecule has 96 valence electrons. The van der Waals surface area contributed by atoms with Crippen LogP contribution in [0.15, 0.2) is 23.8 Å². The van der Waals surface area contributed by atoms with Crippen molar-refractivity contribution in [2.45, 2.75) is 19.5 Å². The van der Waals surface area contributed by atoms with E-state index in [1.54, 1.807) is 13.0 Å². The number of hydrogen-bond acceptors (Lipinski definition) is 2. The molecule has 1 aromatic rings. The second-order valence-corrected chi connectivity index (χ2v) is 3.55. The van der Waals surface area contributed by atoms with Crippen LogP contribution in [0.25, 0.3) is 5.70 Å². The van der Waals surface area contributed by atoms with Gasteiger partial charge >= 0.3 is 6.18 Å². The van der Waals surface area contributed by atoms with E-state index in [1.165, 1.54) is 0 Å². The Morgan fingerprint density at radius 3 is 2.44 bits per heavy atom. The minimum Gasteiger partial charge on any atom is -0.397 e. The maximum absolute atomic E-state index is 13.5. The largest absolute Gasteiger partial charge is 0.416 e. The lowest BCUT2D eigenvalue weighted by atomic mass is 10.0. The molecular weight excluding hydrogens is 248 g/mol. The molecule has 0 atom stereocenters. The molecule has 0 spiro atoms. The van der Waals surface area contributed by atoms with Gasteiger partial charge < -0.3 is 5.73 Å². The van der Waals surface area contributed by atoms with E-state index in [0.29, 0.717) is 18.2 Å². The summed E-state index contributed by atoms with van der Waals surface area (Å²) in [5.74, 6) is -0.887. The molecule has 0 bridgehead atoms. The fourth-order valence-corrected chi connectivity index (χ4v) is 1.40. The van der Waals surface area contributed by atoms with Crippen molar-refractivity contribution in [3.8, 4) is 6.07 Å². The van der Waals surface area contributed by atoms with Crippen molar-refractivity contribution < 1.29 is 17.6 Å². The van der Waals surface area contributed by atoms with Crippen molar-refractivity contribution in [3.05, 3.63) is 40.7 Å². The summed E-state index contributed by atoms with van der Waals surface area (Å²) in [4.78, 5) is 0. The Bertz CT molecular complexity index is 524. The third kappa shape index (κ3) is 2.80. The van der Waals surface area contributed by atoms with Gasteiger partial charge in [0.05, 0.1) is 22.9 Å². The van der Waals surface area contributed by atoms with Crippen molar-refractivity contribution in [2.24, 2.45) is 5.73 Å². The Kier molecular flexibility index (Phi) is 3.96. The second kappa shape index (κ2) is 5.08. The van der Waals surface area contributed by atoms with Crippen molar-refractivity contribution in [2.75, 3.05) is 0 Å². The highest BCUT2D eigenvalue weighted by atomic mass is 19.4. The first-order valence-corrected chi connectivity index (χ1v) is 5.07. The first-order valence-electron chi connectivity index (χ1n) is 5.07. The summed E-state index contributed by atoms with van der Waals surface area (Å²) in [6, 6.07) is 3.67. The maximum Gasteiger partial charge on any atom is 0.416 e. The van der Waals surface area contributed by atoms with Gasteiger partial charge in [-0.2, -0.15) is 18.4 Å². The van der Waals surface area contributed by atoms with Crippen LogP contribution in [0.5, 0.6) is 0 Å². The topological polar surface area (TPSA) is 49.8 Å². The molecule has 0 unspecified atom stereocenters. The molecule has 2 N–H and O–H groups in total. The van der Waals surface area contributed by atoms with Crippen LogP contribution in [0.3, 0.4) is 0 Å². The van der Waals surface area contributed by atoms with Crippen LogP contribution in [0, 0.1) is 17.1 Å². The number of nitrogens with two attached hydrogens (primary N) is 1. The molecule has 0 saturated heterocycles. The Labute approximate surface area is 101 Å². The molecule has 6 heteroatoms. The zero-order chi connectivity index (χ0) is 13.9. The minimum absolute atomic E-state index is 0.0493. The average Bonchev–Trinajstić information content (AvgIpc) is 2.29. The highest BCUT2D eigenvalue weighted by Crippen LogP contribution is 2.32. The maximum atomic E-state index is 13.5. The van der Waals surface area contributed by atoms with Gasteiger partial charge in [0.2, 0.25) is 0 Å². The zero-order valence-electron chi connectivity index (χ0n) is 9.48. The lowest BCUT2D eigenvalue weighted by molar-refractivity contribution is -0.137. The van der Waals surface area contributed by atoms with Crippen molar-refractivity contribution in [1.82, 2.24) is 0 Å². The standard InChI is InChI=1S/C12H10F4N2/c1-2-7(6-17)11(18)9-5-8(12(14,15)16)3-4-10(9)13/h3-5H,2,18H2,1H3/b11-7-. The number of hydrogen-bond donors (Lipinski definition) is 1. The van der Waals surface area contributed by atoms with Gasteiger partial charge in [0, 0.05) is 5.56 Å². The molecule has 0 fully saturated rings. The van der Waals surface area contributed by atoms with E-state index >= 15 is 0 Å². The van der Waals surface area contributed by atoms with Crippen molar-refractivity contribution in [3.63, 3.8) is 0 Å². The lowest BCUT2D eigenvalue weighted by Crippen LogP contribution is -2.09. The van der Waals surface area contributed by atoms with E-state index in [9.17, 15) is 17.6 Å². The number of halogens is 4.